The average Bonchev–Trinajstić information content (AvgIpc) is 2.46. The standard InChI is InChI=1S/C18H20ClFN2O/c1-12-4-5-14(13(2)8-12)10-22(3)11-18(23)21-17-9-15(19)6-7-16(17)20/h4-9H,10-11H2,1-3H3,(H,21,23). The van der Waals surface area contributed by atoms with E-state index in [2.05, 4.69) is 30.4 Å². The number of anilines is 1. The number of nitrogens with one attached hydrogen (secondary N) is 1. The predicted octanol–water partition coefficient (Wildman–Crippen LogP) is 4.17. The first-order valence-corrected chi connectivity index (χ1v) is 7.72. The van der Waals surface area contributed by atoms with Crippen molar-refractivity contribution in [3.8, 4) is 0 Å². The maximum absolute atomic E-state index is 13.6. The number of rotatable bonds is 5. The molecule has 1 N–H and O–H groups in total. The first-order chi connectivity index (χ1) is 10.8. The molecule has 0 bridgehead atoms. The molecule has 0 saturated carbocycles. The second kappa shape index (κ2) is 7.57. The Bertz CT molecular complexity index is 718. The lowest BCUT2D eigenvalue weighted by Crippen LogP contribution is -2.30. The monoisotopic (exact) mass is 334 g/mol. The SMILES string of the molecule is Cc1ccc(CN(C)CC(=O)Nc2cc(Cl)ccc2F)c(C)c1. The van der Waals surface area contributed by atoms with Crippen LogP contribution in [0.15, 0.2) is 36.4 Å². The molecule has 0 radical (unpaired) electrons. The number of hydrogen-bond acceptors (Lipinski definition) is 2. The van der Waals surface area contributed by atoms with E-state index in [-0.39, 0.29) is 18.1 Å². The van der Waals surface area contributed by atoms with Gasteiger partial charge in [0.25, 0.3) is 0 Å². The minimum atomic E-state index is -0.500. The number of likely N-dealkylation sites (N-methyl/N-ethyl adjacent to an activating group) is 1. The largest absolute Gasteiger partial charge is 0.322 e. The van der Waals surface area contributed by atoms with Crippen molar-refractivity contribution in [3.63, 3.8) is 0 Å². The fourth-order valence-corrected chi connectivity index (χ4v) is 2.57. The lowest BCUT2D eigenvalue weighted by Gasteiger charge is -2.18. The highest BCUT2D eigenvalue weighted by atomic mass is 35.5. The van der Waals surface area contributed by atoms with Gasteiger partial charge in [-0.1, -0.05) is 35.4 Å². The number of benzene rings is 2. The van der Waals surface area contributed by atoms with E-state index in [1.165, 1.54) is 34.9 Å². The molecule has 0 unspecified atom stereocenters. The molecule has 2 rings (SSSR count). The van der Waals surface area contributed by atoms with E-state index in [1.54, 1.807) is 0 Å². The Labute approximate surface area is 141 Å². The van der Waals surface area contributed by atoms with Crippen molar-refractivity contribution in [2.24, 2.45) is 0 Å². The van der Waals surface area contributed by atoms with Crippen molar-refractivity contribution in [1.82, 2.24) is 4.90 Å². The Kier molecular flexibility index (Phi) is 5.74. The topological polar surface area (TPSA) is 32.3 Å². The molecule has 0 aromatic heterocycles. The molecule has 0 fully saturated rings. The minimum absolute atomic E-state index is 0.0995. The van der Waals surface area contributed by atoms with Crippen molar-refractivity contribution < 1.29 is 9.18 Å². The molecule has 5 heteroatoms. The third-order valence-corrected chi connectivity index (χ3v) is 3.79. The summed E-state index contributed by atoms with van der Waals surface area (Å²) in [6, 6.07) is 10.3. The lowest BCUT2D eigenvalue weighted by atomic mass is 10.1. The quantitative estimate of drug-likeness (QED) is 0.890. The molecule has 0 aliphatic rings. The molecule has 23 heavy (non-hydrogen) atoms. The summed E-state index contributed by atoms with van der Waals surface area (Å²) in [7, 11) is 1.85. The van der Waals surface area contributed by atoms with Crippen LogP contribution in [0.3, 0.4) is 0 Å². The fraction of sp³-hybridized carbons (Fsp3) is 0.278. The van der Waals surface area contributed by atoms with Crippen molar-refractivity contribution in [3.05, 3.63) is 63.9 Å². The zero-order valence-electron chi connectivity index (χ0n) is 13.5. The van der Waals surface area contributed by atoms with E-state index in [0.29, 0.717) is 11.6 Å². The zero-order chi connectivity index (χ0) is 17.0. The number of amides is 1. The number of halogens is 2. The van der Waals surface area contributed by atoms with Gasteiger partial charge in [0.1, 0.15) is 5.82 Å². The van der Waals surface area contributed by atoms with Gasteiger partial charge in [-0.2, -0.15) is 0 Å². The van der Waals surface area contributed by atoms with Gasteiger partial charge in [0, 0.05) is 11.6 Å². The fourth-order valence-electron chi connectivity index (χ4n) is 2.40. The molecule has 0 spiro atoms. The molecule has 2 aromatic carbocycles. The van der Waals surface area contributed by atoms with Gasteiger partial charge in [-0.15, -0.1) is 0 Å². The van der Waals surface area contributed by atoms with Crippen molar-refractivity contribution in [2.45, 2.75) is 20.4 Å². The van der Waals surface area contributed by atoms with Gasteiger partial charge in [0.15, 0.2) is 0 Å². The van der Waals surface area contributed by atoms with E-state index in [1.807, 2.05) is 18.9 Å². The molecule has 0 saturated heterocycles. The third-order valence-electron chi connectivity index (χ3n) is 3.55. The number of carbonyl (C=O) groups is 1. The molecule has 0 aliphatic heterocycles. The van der Waals surface area contributed by atoms with Gasteiger partial charge < -0.3 is 5.32 Å². The molecule has 2 aromatic rings. The Hall–Kier alpha value is -1.91. The Balaban J connectivity index is 1.95. The maximum Gasteiger partial charge on any atom is 0.238 e. The Morgan fingerprint density at radius 1 is 1.22 bits per heavy atom. The zero-order valence-corrected chi connectivity index (χ0v) is 14.2. The summed E-state index contributed by atoms with van der Waals surface area (Å²) in [5, 5.41) is 2.93. The van der Waals surface area contributed by atoms with Gasteiger partial charge in [0.05, 0.1) is 12.2 Å². The van der Waals surface area contributed by atoms with Crippen LogP contribution in [0.1, 0.15) is 16.7 Å². The second-order valence-electron chi connectivity index (χ2n) is 5.77. The molecule has 0 atom stereocenters. The van der Waals surface area contributed by atoms with Gasteiger partial charge in [-0.25, -0.2) is 4.39 Å². The summed E-state index contributed by atoms with van der Waals surface area (Å²) < 4.78 is 13.6. The molecule has 0 heterocycles. The first kappa shape index (κ1) is 17.4. The van der Waals surface area contributed by atoms with Crippen LogP contribution in [0.2, 0.25) is 5.02 Å². The van der Waals surface area contributed by atoms with Crippen LogP contribution in [0.25, 0.3) is 0 Å². The van der Waals surface area contributed by atoms with Gasteiger partial charge >= 0.3 is 0 Å². The number of nitrogens with zero attached hydrogens (tertiary/aromatic N) is 1. The van der Waals surface area contributed by atoms with Crippen LogP contribution in [0.5, 0.6) is 0 Å². The minimum Gasteiger partial charge on any atom is -0.322 e. The maximum atomic E-state index is 13.6. The van der Waals surface area contributed by atoms with Crippen LogP contribution in [0.4, 0.5) is 10.1 Å². The van der Waals surface area contributed by atoms with E-state index in [0.717, 1.165) is 0 Å². The molecule has 1 amide bonds. The van der Waals surface area contributed by atoms with Gasteiger partial charge in [-0.3, -0.25) is 9.69 Å². The highest BCUT2D eigenvalue weighted by Crippen LogP contribution is 2.19. The summed E-state index contributed by atoms with van der Waals surface area (Å²) in [5.41, 5.74) is 3.67. The van der Waals surface area contributed by atoms with E-state index in [9.17, 15) is 9.18 Å². The van der Waals surface area contributed by atoms with Crippen LogP contribution >= 0.6 is 11.6 Å². The predicted molar refractivity (Wildman–Crippen MR) is 92.3 cm³/mol. The van der Waals surface area contributed by atoms with Crippen molar-refractivity contribution >= 4 is 23.2 Å². The second-order valence-corrected chi connectivity index (χ2v) is 6.21. The number of carbonyl (C=O) groups excluding carboxylic acids is 1. The number of aryl methyl sites for hydroxylation is 2. The highest BCUT2D eigenvalue weighted by molar-refractivity contribution is 6.30. The summed E-state index contributed by atoms with van der Waals surface area (Å²) in [5.74, 6) is -0.779. The summed E-state index contributed by atoms with van der Waals surface area (Å²) in [4.78, 5) is 13.9. The molecule has 122 valence electrons. The lowest BCUT2D eigenvalue weighted by molar-refractivity contribution is -0.117. The number of hydrogen-bond donors (Lipinski definition) is 1. The van der Waals surface area contributed by atoms with Crippen LogP contribution in [0, 0.1) is 19.7 Å². The van der Waals surface area contributed by atoms with Crippen molar-refractivity contribution in [2.75, 3.05) is 18.9 Å². The Morgan fingerprint density at radius 3 is 2.65 bits per heavy atom. The normalized spacial score (nSPS) is 10.9. The first-order valence-electron chi connectivity index (χ1n) is 7.34. The smallest absolute Gasteiger partial charge is 0.238 e. The van der Waals surface area contributed by atoms with Gasteiger partial charge in [0.2, 0.25) is 5.91 Å². The summed E-state index contributed by atoms with van der Waals surface area (Å²) >= 11 is 5.82. The van der Waals surface area contributed by atoms with E-state index >= 15 is 0 Å². The molecule has 0 aliphatic carbocycles. The van der Waals surface area contributed by atoms with Crippen LogP contribution < -0.4 is 5.32 Å². The molecule has 3 nitrogen and oxygen atoms in total. The third kappa shape index (κ3) is 5.05. The summed E-state index contributed by atoms with van der Waals surface area (Å²) in [6.07, 6.45) is 0. The molecular weight excluding hydrogens is 315 g/mol. The molecular formula is C18H20ClFN2O. The highest BCUT2D eigenvalue weighted by Gasteiger charge is 2.11. The van der Waals surface area contributed by atoms with Crippen molar-refractivity contribution in [1.29, 1.82) is 0 Å². The van der Waals surface area contributed by atoms with Crippen LogP contribution in [-0.2, 0) is 11.3 Å². The Morgan fingerprint density at radius 2 is 1.96 bits per heavy atom. The van der Waals surface area contributed by atoms with E-state index in [4.69, 9.17) is 11.6 Å². The van der Waals surface area contributed by atoms with Gasteiger partial charge in [-0.05, 0) is 50.2 Å². The average molecular weight is 335 g/mol. The summed E-state index contributed by atoms with van der Waals surface area (Å²) in [6.45, 7) is 4.92. The van der Waals surface area contributed by atoms with Crippen LogP contribution in [-0.4, -0.2) is 24.4 Å². The van der Waals surface area contributed by atoms with E-state index < -0.39 is 5.82 Å².